The standard InChI is InChI=1S/C16H24ClN3O/c1-11-7-8-20(9-15(11)18)10-16(21)19-12(2)13-5-3-4-6-14(13)17/h3-6,11-12,15H,7-10,18H2,1-2H3,(H,19,21). The summed E-state index contributed by atoms with van der Waals surface area (Å²) in [5.41, 5.74) is 7.01. The molecule has 0 bridgehead atoms. The number of amides is 1. The summed E-state index contributed by atoms with van der Waals surface area (Å²) in [6, 6.07) is 7.65. The second kappa shape index (κ2) is 7.25. The molecule has 0 aliphatic carbocycles. The van der Waals surface area contributed by atoms with E-state index >= 15 is 0 Å². The minimum absolute atomic E-state index is 0.0178. The van der Waals surface area contributed by atoms with E-state index in [2.05, 4.69) is 17.1 Å². The molecule has 2 rings (SSSR count). The summed E-state index contributed by atoms with van der Waals surface area (Å²) in [6.07, 6.45) is 1.05. The van der Waals surface area contributed by atoms with Crippen LogP contribution in [0.1, 0.15) is 31.9 Å². The van der Waals surface area contributed by atoms with Crippen LogP contribution in [0.5, 0.6) is 0 Å². The monoisotopic (exact) mass is 309 g/mol. The molecule has 1 amide bonds. The zero-order valence-electron chi connectivity index (χ0n) is 12.7. The molecule has 21 heavy (non-hydrogen) atoms. The van der Waals surface area contributed by atoms with E-state index in [4.69, 9.17) is 17.3 Å². The summed E-state index contributed by atoms with van der Waals surface area (Å²) in [6.45, 7) is 6.23. The van der Waals surface area contributed by atoms with Gasteiger partial charge in [0.05, 0.1) is 12.6 Å². The van der Waals surface area contributed by atoms with Crippen molar-refractivity contribution >= 4 is 17.5 Å². The molecule has 1 saturated heterocycles. The third kappa shape index (κ3) is 4.43. The number of carbonyl (C=O) groups is 1. The van der Waals surface area contributed by atoms with E-state index in [-0.39, 0.29) is 18.0 Å². The summed E-state index contributed by atoms with van der Waals surface area (Å²) in [7, 11) is 0. The largest absolute Gasteiger partial charge is 0.348 e. The molecule has 3 N–H and O–H groups in total. The number of piperidine rings is 1. The smallest absolute Gasteiger partial charge is 0.234 e. The Morgan fingerprint density at radius 3 is 2.90 bits per heavy atom. The lowest BCUT2D eigenvalue weighted by Crippen LogP contribution is -2.50. The molecule has 3 unspecified atom stereocenters. The van der Waals surface area contributed by atoms with Gasteiger partial charge in [-0.05, 0) is 37.4 Å². The van der Waals surface area contributed by atoms with Crippen molar-refractivity contribution < 1.29 is 4.79 Å². The van der Waals surface area contributed by atoms with Crippen LogP contribution < -0.4 is 11.1 Å². The third-order valence-electron chi connectivity index (χ3n) is 4.22. The molecule has 0 spiro atoms. The first-order valence-corrected chi connectivity index (χ1v) is 7.87. The number of hydrogen-bond acceptors (Lipinski definition) is 3. The Kier molecular flexibility index (Phi) is 5.62. The van der Waals surface area contributed by atoms with Gasteiger partial charge in [0.1, 0.15) is 0 Å². The van der Waals surface area contributed by atoms with E-state index in [1.165, 1.54) is 0 Å². The lowest BCUT2D eigenvalue weighted by Gasteiger charge is -2.34. The van der Waals surface area contributed by atoms with E-state index < -0.39 is 0 Å². The van der Waals surface area contributed by atoms with Gasteiger partial charge in [-0.25, -0.2) is 0 Å². The van der Waals surface area contributed by atoms with Gasteiger partial charge in [-0.2, -0.15) is 0 Å². The average Bonchev–Trinajstić information content (AvgIpc) is 2.43. The fourth-order valence-corrected chi connectivity index (χ4v) is 3.01. The van der Waals surface area contributed by atoms with Gasteiger partial charge in [-0.1, -0.05) is 36.7 Å². The van der Waals surface area contributed by atoms with Gasteiger partial charge in [0.25, 0.3) is 0 Å². The van der Waals surface area contributed by atoms with E-state index in [1.807, 2.05) is 31.2 Å². The highest BCUT2D eigenvalue weighted by Crippen LogP contribution is 2.22. The third-order valence-corrected chi connectivity index (χ3v) is 4.56. The molecular formula is C16H24ClN3O. The Morgan fingerprint density at radius 1 is 1.52 bits per heavy atom. The number of halogens is 1. The van der Waals surface area contributed by atoms with E-state index in [0.29, 0.717) is 17.5 Å². The first kappa shape index (κ1) is 16.3. The van der Waals surface area contributed by atoms with Crippen LogP contribution in [-0.4, -0.2) is 36.5 Å². The maximum Gasteiger partial charge on any atom is 0.234 e. The molecule has 5 heteroatoms. The van der Waals surface area contributed by atoms with Crippen molar-refractivity contribution in [3.63, 3.8) is 0 Å². The maximum atomic E-state index is 12.2. The van der Waals surface area contributed by atoms with Crippen LogP contribution in [0.25, 0.3) is 0 Å². The molecule has 3 atom stereocenters. The van der Waals surface area contributed by atoms with Crippen LogP contribution in [0.3, 0.4) is 0 Å². The molecule has 1 fully saturated rings. The van der Waals surface area contributed by atoms with Crippen LogP contribution in [0.4, 0.5) is 0 Å². The highest BCUT2D eigenvalue weighted by molar-refractivity contribution is 6.31. The Hall–Kier alpha value is -1.10. The topological polar surface area (TPSA) is 58.4 Å². The number of nitrogens with two attached hydrogens (primary N) is 1. The van der Waals surface area contributed by atoms with Crippen LogP contribution in [0, 0.1) is 5.92 Å². The number of hydrogen-bond donors (Lipinski definition) is 2. The number of nitrogens with one attached hydrogen (secondary N) is 1. The van der Waals surface area contributed by atoms with Gasteiger partial charge in [0.15, 0.2) is 0 Å². The average molecular weight is 310 g/mol. The van der Waals surface area contributed by atoms with Crippen molar-refractivity contribution in [2.45, 2.75) is 32.4 Å². The number of likely N-dealkylation sites (tertiary alicyclic amines) is 1. The normalized spacial score (nSPS) is 24.6. The van der Waals surface area contributed by atoms with E-state index in [9.17, 15) is 4.79 Å². The van der Waals surface area contributed by atoms with Crippen molar-refractivity contribution in [3.8, 4) is 0 Å². The van der Waals surface area contributed by atoms with Gasteiger partial charge >= 0.3 is 0 Å². The molecule has 4 nitrogen and oxygen atoms in total. The van der Waals surface area contributed by atoms with Gasteiger partial charge in [0, 0.05) is 17.6 Å². The van der Waals surface area contributed by atoms with Gasteiger partial charge < -0.3 is 11.1 Å². The minimum Gasteiger partial charge on any atom is -0.348 e. The Labute approximate surface area is 131 Å². The predicted octanol–water partition coefficient (Wildman–Crippen LogP) is 2.19. The van der Waals surface area contributed by atoms with E-state index in [0.717, 1.165) is 25.1 Å². The zero-order chi connectivity index (χ0) is 15.4. The van der Waals surface area contributed by atoms with Gasteiger partial charge in [-0.3, -0.25) is 9.69 Å². The minimum atomic E-state index is -0.0939. The first-order valence-electron chi connectivity index (χ1n) is 7.49. The molecule has 1 aliphatic heterocycles. The Morgan fingerprint density at radius 2 is 2.24 bits per heavy atom. The van der Waals surface area contributed by atoms with Crippen molar-refractivity contribution in [1.29, 1.82) is 0 Å². The summed E-state index contributed by atoms with van der Waals surface area (Å²) in [5.74, 6) is 0.551. The van der Waals surface area contributed by atoms with Crippen LogP contribution in [0.2, 0.25) is 5.02 Å². The number of carbonyl (C=O) groups excluding carboxylic acids is 1. The molecule has 1 heterocycles. The summed E-state index contributed by atoms with van der Waals surface area (Å²) < 4.78 is 0. The molecule has 1 aromatic rings. The van der Waals surface area contributed by atoms with Gasteiger partial charge in [-0.15, -0.1) is 0 Å². The highest BCUT2D eigenvalue weighted by atomic mass is 35.5. The molecule has 0 saturated carbocycles. The maximum absolute atomic E-state index is 12.2. The molecule has 0 aromatic heterocycles. The Bertz CT molecular complexity index is 494. The van der Waals surface area contributed by atoms with Crippen LogP contribution in [-0.2, 0) is 4.79 Å². The zero-order valence-corrected chi connectivity index (χ0v) is 13.4. The molecule has 0 radical (unpaired) electrons. The lowest BCUT2D eigenvalue weighted by atomic mass is 9.94. The van der Waals surface area contributed by atoms with Crippen molar-refractivity contribution in [3.05, 3.63) is 34.9 Å². The summed E-state index contributed by atoms with van der Waals surface area (Å²) in [5, 5.41) is 3.68. The SMILES string of the molecule is CC(NC(=O)CN1CCC(C)C(N)C1)c1ccccc1Cl. The molecule has 116 valence electrons. The fourth-order valence-electron chi connectivity index (χ4n) is 2.71. The molecule has 1 aliphatic rings. The number of nitrogens with zero attached hydrogens (tertiary/aromatic N) is 1. The highest BCUT2D eigenvalue weighted by Gasteiger charge is 2.24. The lowest BCUT2D eigenvalue weighted by molar-refractivity contribution is -0.123. The number of benzene rings is 1. The summed E-state index contributed by atoms with van der Waals surface area (Å²) >= 11 is 6.15. The molecular weight excluding hydrogens is 286 g/mol. The van der Waals surface area contributed by atoms with Crippen molar-refractivity contribution in [2.75, 3.05) is 19.6 Å². The summed E-state index contributed by atoms with van der Waals surface area (Å²) in [4.78, 5) is 14.3. The van der Waals surface area contributed by atoms with Crippen molar-refractivity contribution in [1.82, 2.24) is 10.2 Å². The Balaban J connectivity index is 1.86. The van der Waals surface area contributed by atoms with E-state index in [1.54, 1.807) is 0 Å². The first-order chi connectivity index (χ1) is 9.97. The fraction of sp³-hybridized carbons (Fsp3) is 0.562. The molecule has 1 aromatic carbocycles. The van der Waals surface area contributed by atoms with Crippen LogP contribution in [0.15, 0.2) is 24.3 Å². The van der Waals surface area contributed by atoms with Gasteiger partial charge in [0.2, 0.25) is 5.91 Å². The predicted molar refractivity (Wildman–Crippen MR) is 86.2 cm³/mol. The second-order valence-corrected chi connectivity index (χ2v) is 6.38. The van der Waals surface area contributed by atoms with Crippen molar-refractivity contribution in [2.24, 2.45) is 11.7 Å². The van der Waals surface area contributed by atoms with Crippen LogP contribution >= 0.6 is 11.6 Å². The quantitative estimate of drug-likeness (QED) is 0.896. The number of rotatable bonds is 4. The second-order valence-electron chi connectivity index (χ2n) is 5.98.